The van der Waals surface area contributed by atoms with E-state index in [-0.39, 0.29) is 5.91 Å². The third kappa shape index (κ3) is 4.55. The summed E-state index contributed by atoms with van der Waals surface area (Å²) in [6, 6.07) is 8.33. The third-order valence-electron chi connectivity index (χ3n) is 4.43. The molecule has 1 aliphatic rings. The van der Waals surface area contributed by atoms with Crippen molar-refractivity contribution in [1.82, 2.24) is 4.90 Å². The van der Waals surface area contributed by atoms with E-state index in [1.807, 2.05) is 38.2 Å². The van der Waals surface area contributed by atoms with Crippen molar-refractivity contribution in [1.29, 1.82) is 0 Å². The number of hydrogen-bond donors (Lipinski definition) is 2. The summed E-state index contributed by atoms with van der Waals surface area (Å²) in [6.45, 7) is 3.17. The first-order valence-electron chi connectivity index (χ1n) is 7.87. The lowest BCUT2D eigenvalue weighted by molar-refractivity contribution is -0.117. The third-order valence-corrected chi connectivity index (χ3v) is 4.43. The fourth-order valence-corrected chi connectivity index (χ4v) is 3.31. The molecule has 0 bridgehead atoms. The molecule has 1 amide bonds. The zero-order chi connectivity index (χ0) is 15.2. The van der Waals surface area contributed by atoms with Gasteiger partial charge in [0, 0.05) is 11.7 Å². The Labute approximate surface area is 127 Å². The second-order valence-corrected chi connectivity index (χ2v) is 6.18. The van der Waals surface area contributed by atoms with E-state index in [0.29, 0.717) is 25.0 Å². The van der Waals surface area contributed by atoms with Crippen LogP contribution in [-0.4, -0.2) is 37.0 Å². The number of rotatable bonds is 5. The maximum atomic E-state index is 12.2. The lowest BCUT2D eigenvalue weighted by Gasteiger charge is -2.37. The van der Waals surface area contributed by atoms with Crippen molar-refractivity contribution < 1.29 is 4.79 Å². The Morgan fingerprint density at radius 2 is 2.14 bits per heavy atom. The Bertz CT molecular complexity index is 475. The lowest BCUT2D eigenvalue weighted by Crippen LogP contribution is -2.45. The Morgan fingerprint density at radius 3 is 2.86 bits per heavy atom. The summed E-state index contributed by atoms with van der Waals surface area (Å²) in [4.78, 5) is 14.4. The summed E-state index contributed by atoms with van der Waals surface area (Å²) < 4.78 is 0. The zero-order valence-electron chi connectivity index (χ0n) is 13.1. The lowest BCUT2D eigenvalue weighted by atomic mass is 9.84. The van der Waals surface area contributed by atoms with E-state index in [0.717, 1.165) is 17.7 Å². The number of carbonyl (C=O) groups is 1. The molecule has 0 aromatic heterocycles. The highest BCUT2D eigenvalue weighted by Crippen LogP contribution is 2.27. The fraction of sp³-hybridized carbons (Fsp3) is 0.588. The first-order valence-corrected chi connectivity index (χ1v) is 7.87. The molecule has 4 nitrogen and oxygen atoms in total. The van der Waals surface area contributed by atoms with Gasteiger partial charge in [0.15, 0.2) is 0 Å². The van der Waals surface area contributed by atoms with Gasteiger partial charge in [0.25, 0.3) is 0 Å². The molecule has 1 aromatic rings. The molecule has 1 aliphatic carbocycles. The minimum Gasteiger partial charge on any atom is -0.330 e. The number of hydrogen-bond acceptors (Lipinski definition) is 3. The largest absolute Gasteiger partial charge is 0.330 e. The van der Waals surface area contributed by atoms with E-state index in [2.05, 4.69) is 10.2 Å². The van der Waals surface area contributed by atoms with E-state index >= 15 is 0 Å². The van der Waals surface area contributed by atoms with Gasteiger partial charge in [-0.1, -0.05) is 25.0 Å². The van der Waals surface area contributed by atoms with Crippen LogP contribution in [0.25, 0.3) is 0 Å². The van der Waals surface area contributed by atoms with Crippen LogP contribution in [-0.2, 0) is 4.79 Å². The molecule has 1 aromatic carbocycles. The molecular formula is C17H27N3O. The molecule has 4 heteroatoms. The van der Waals surface area contributed by atoms with Gasteiger partial charge in [0.05, 0.1) is 6.54 Å². The smallest absolute Gasteiger partial charge is 0.238 e. The number of likely N-dealkylation sites (N-methyl/N-ethyl adjacent to an activating group) is 1. The minimum atomic E-state index is 0.0458. The number of anilines is 1. The highest BCUT2D eigenvalue weighted by molar-refractivity contribution is 5.92. The summed E-state index contributed by atoms with van der Waals surface area (Å²) in [7, 11) is 2.04. The maximum Gasteiger partial charge on any atom is 0.238 e. The van der Waals surface area contributed by atoms with Crippen molar-refractivity contribution in [3.63, 3.8) is 0 Å². The SMILES string of the molecule is Cc1cccc(NC(=O)CN(C)C2CCCCC2CN)c1. The Kier molecular flexibility index (Phi) is 5.76. The van der Waals surface area contributed by atoms with E-state index < -0.39 is 0 Å². The Hall–Kier alpha value is -1.39. The second kappa shape index (κ2) is 7.57. The summed E-state index contributed by atoms with van der Waals surface area (Å²) in [5.41, 5.74) is 7.89. The van der Waals surface area contributed by atoms with Crippen LogP contribution >= 0.6 is 0 Å². The molecule has 1 saturated carbocycles. The van der Waals surface area contributed by atoms with Crippen molar-refractivity contribution in [2.45, 2.75) is 38.6 Å². The number of nitrogens with zero attached hydrogens (tertiary/aromatic N) is 1. The average Bonchev–Trinajstić information content (AvgIpc) is 2.47. The number of carbonyl (C=O) groups excluding carboxylic acids is 1. The van der Waals surface area contributed by atoms with Gasteiger partial charge in [-0.3, -0.25) is 9.69 Å². The van der Waals surface area contributed by atoms with E-state index in [1.54, 1.807) is 0 Å². The fourth-order valence-electron chi connectivity index (χ4n) is 3.31. The summed E-state index contributed by atoms with van der Waals surface area (Å²) in [5.74, 6) is 0.569. The Balaban J connectivity index is 1.89. The number of aryl methyl sites for hydroxylation is 1. The van der Waals surface area contributed by atoms with Crippen molar-refractivity contribution in [3.8, 4) is 0 Å². The van der Waals surface area contributed by atoms with E-state index in [1.165, 1.54) is 19.3 Å². The minimum absolute atomic E-state index is 0.0458. The van der Waals surface area contributed by atoms with Crippen LogP contribution in [0.2, 0.25) is 0 Å². The summed E-state index contributed by atoms with van der Waals surface area (Å²) in [6.07, 6.45) is 4.84. The van der Waals surface area contributed by atoms with E-state index in [9.17, 15) is 4.79 Å². The standard InChI is InChI=1S/C17H27N3O/c1-13-6-5-8-15(10-13)19-17(21)12-20(2)16-9-4-3-7-14(16)11-18/h5-6,8,10,14,16H,3-4,7,9,11-12,18H2,1-2H3,(H,19,21). The van der Waals surface area contributed by atoms with Gasteiger partial charge in [-0.2, -0.15) is 0 Å². The van der Waals surface area contributed by atoms with Gasteiger partial charge < -0.3 is 11.1 Å². The monoisotopic (exact) mass is 289 g/mol. The van der Waals surface area contributed by atoms with Gasteiger partial charge in [-0.05, 0) is 57.0 Å². The van der Waals surface area contributed by atoms with Crippen LogP contribution in [0.1, 0.15) is 31.2 Å². The molecule has 1 fully saturated rings. The van der Waals surface area contributed by atoms with E-state index in [4.69, 9.17) is 5.73 Å². The molecule has 3 N–H and O–H groups in total. The molecule has 0 spiro atoms. The average molecular weight is 289 g/mol. The van der Waals surface area contributed by atoms with Gasteiger partial charge in [0.1, 0.15) is 0 Å². The van der Waals surface area contributed by atoms with Crippen molar-refractivity contribution in [3.05, 3.63) is 29.8 Å². The molecule has 0 aliphatic heterocycles. The van der Waals surface area contributed by atoms with Crippen molar-refractivity contribution in [2.24, 2.45) is 11.7 Å². The van der Waals surface area contributed by atoms with Crippen LogP contribution in [0.4, 0.5) is 5.69 Å². The quantitative estimate of drug-likeness (QED) is 0.875. The molecule has 0 radical (unpaired) electrons. The molecule has 2 unspecified atom stereocenters. The Morgan fingerprint density at radius 1 is 1.38 bits per heavy atom. The molecule has 0 heterocycles. The van der Waals surface area contributed by atoms with Crippen LogP contribution < -0.4 is 11.1 Å². The van der Waals surface area contributed by atoms with Crippen LogP contribution in [0.15, 0.2) is 24.3 Å². The van der Waals surface area contributed by atoms with Gasteiger partial charge in [-0.25, -0.2) is 0 Å². The van der Waals surface area contributed by atoms with Gasteiger partial charge in [-0.15, -0.1) is 0 Å². The van der Waals surface area contributed by atoms with Gasteiger partial charge in [0.2, 0.25) is 5.91 Å². The van der Waals surface area contributed by atoms with Crippen molar-refractivity contribution in [2.75, 3.05) is 25.5 Å². The number of nitrogens with two attached hydrogens (primary N) is 1. The van der Waals surface area contributed by atoms with Crippen molar-refractivity contribution >= 4 is 11.6 Å². The summed E-state index contributed by atoms with van der Waals surface area (Å²) in [5, 5.41) is 2.97. The van der Waals surface area contributed by atoms with Gasteiger partial charge >= 0.3 is 0 Å². The molecule has 2 rings (SSSR count). The number of benzene rings is 1. The summed E-state index contributed by atoms with van der Waals surface area (Å²) >= 11 is 0. The normalized spacial score (nSPS) is 22.3. The molecule has 2 atom stereocenters. The predicted octanol–water partition coefficient (Wildman–Crippen LogP) is 2.38. The molecule has 116 valence electrons. The zero-order valence-corrected chi connectivity index (χ0v) is 13.1. The second-order valence-electron chi connectivity index (χ2n) is 6.18. The topological polar surface area (TPSA) is 58.4 Å². The van der Waals surface area contributed by atoms with Crippen LogP contribution in [0.5, 0.6) is 0 Å². The first-order chi connectivity index (χ1) is 10.1. The number of amides is 1. The maximum absolute atomic E-state index is 12.2. The van der Waals surface area contributed by atoms with Crippen LogP contribution in [0.3, 0.4) is 0 Å². The molecule has 21 heavy (non-hydrogen) atoms. The molecule has 0 saturated heterocycles. The number of nitrogens with one attached hydrogen (secondary N) is 1. The molecular weight excluding hydrogens is 262 g/mol. The predicted molar refractivity (Wildman–Crippen MR) is 87.2 cm³/mol. The van der Waals surface area contributed by atoms with Crippen LogP contribution in [0, 0.1) is 12.8 Å². The highest BCUT2D eigenvalue weighted by Gasteiger charge is 2.28. The first kappa shape index (κ1) is 16.0. The highest BCUT2D eigenvalue weighted by atomic mass is 16.2.